The third-order valence-electron chi connectivity index (χ3n) is 6.01. The van der Waals surface area contributed by atoms with E-state index >= 15 is 0 Å². The predicted molar refractivity (Wildman–Crippen MR) is 149 cm³/mol. The Hall–Kier alpha value is -1.92. The van der Waals surface area contributed by atoms with E-state index in [9.17, 15) is 0 Å². The Balaban J connectivity index is 1.85. The van der Waals surface area contributed by atoms with Gasteiger partial charge in [-0.3, -0.25) is 0 Å². The third kappa shape index (κ3) is 10.2. The Morgan fingerprint density at radius 2 is 1.81 bits per heavy atom. The van der Waals surface area contributed by atoms with E-state index in [2.05, 4.69) is 5.32 Å². The fourth-order valence-electron chi connectivity index (χ4n) is 3.98. The molecule has 0 aromatic heterocycles. The second kappa shape index (κ2) is 16.0. The molecule has 0 radical (unpaired) electrons. The van der Waals surface area contributed by atoms with Gasteiger partial charge >= 0.3 is 0 Å². The first-order chi connectivity index (χ1) is 20.8. The van der Waals surface area contributed by atoms with Crippen LogP contribution in [0.5, 0.6) is 5.75 Å². The molecule has 0 amide bonds. The van der Waals surface area contributed by atoms with Gasteiger partial charge in [0.25, 0.3) is 0 Å². The Bertz CT molecular complexity index is 1240. The van der Waals surface area contributed by atoms with Crippen molar-refractivity contribution in [1.29, 1.82) is 1.43 Å². The van der Waals surface area contributed by atoms with Gasteiger partial charge in [-0.2, -0.15) is 0 Å². The van der Waals surface area contributed by atoms with Crippen LogP contribution in [0.15, 0.2) is 36.4 Å². The standard InChI is InChI=1S/C31H49NO4/c1-24-15-9-10-16-26(24)17-11-14-20-36-19-13-8-7-12-18-32-23-29(34-5)27-21-25(2)30(35-6)28(22-27)31(3,4)33/h9-10,15-16,21-22,29,32-33H,7-8,11-14,17-20,23H2,1-6H3/i11D2,14D2,17D2,20D2,33D. The Morgan fingerprint density at radius 3 is 2.53 bits per heavy atom. The van der Waals surface area contributed by atoms with Gasteiger partial charge in [-0.1, -0.05) is 37.1 Å². The van der Waals surface area contributed by atoms with Crippen molar-refractivity contribution in [2.24, 2.45) is 0 Å². The van der Waals surface area contributed by atoms with Gasteiger partial charge in [0.2, 0.25) is 1.43 Å². The van der Waals surface area contributed by atoms with Crippen molar-refractivity contribution < 1.29 is 30.3 Å². The maximum Gasteiger partial charge on any atom is 0.211 e. The number of methoxy groups -OCH3 is 2. The van der Waals surface area contributed by atoms with Gasteiger partial charge in [-0.05, 0) is 101 Å². The monoisotopic (exact) mass is 508 g/mol. The summed E-state index contributed by atoms with van der Waals surface area (Å²) >= 11 is 0. The number of aryl methyl sites for hydroxylation is 3. The average molecular weight is 509 g/mol. The van der Waals surface area contributed by atoms with E-state index < -0.39 is 31.3 Å². The van der Waals surface area contributed by atoms with Gasteiger partial charge in [0.1, 0.15) is 5.75 Å². The highest BCUT2D eigenvalue weighted by molar-refractivity contribution is 5.47. The van der Waals surface area contributed by atoms with Crippen LogP contribution < -0.4 is 10.1 Å². The number of aliphatic hydroxyl groups is 1. The molecule has 0 fully saturated rings. The average Bonchev–Trinajstić information content (AvgIpc) is 2.97. The number of unbranched alkanes of at least 4 members (excludes halogenated alkanes) is 3. The number of hydrogen-bond donors (Lipinski definition) is 2. The highest BCUT2D eigenvalue weighted by Gasteiger charge is 2.25. The van der Waals surface area contributed by atoms with Crippen molar-refractivity contribution in [2.75, 3.05) is 40.5 Å². The second-order valence-corrected chi connectivity index (χ2v) is 9.41. The van der Waals surface area contributed by atoms with Crippen LogP contribution in [0.25, 0.3) is 0 Å². The molecule has 0 aliphatic rings. The molecule has 2 aromatic carbocycles. The summed E-state index contributed by atoms with van der Waals surface area (Å²) in [5, 5.41) is 8.36. The van der Waals surface area contributed by atoms with E-state index in [4.69, 9.17) is 31.7 Å². The topological polar surface area (TPSA) is 60.0 Å². The predicted octanol–water partition coefficient (Wildman–Crippen LogP) is 6.42. The zero-order chi connectivity index (χ0) is 34.3. The zero-order valence-electron chi connectivity index (χ0n) is 31.6. The minimum absolute atomic E-state index is 0.0355. The Kier molecular flexibility index (Phi) is 8.55. The van der Waals surface area contributed by atoms with Gasteiger partial charge < -0.3 is 24.6 Å². The van der Waals surface area contributed by atoms with Crippen molar-refractivity contribution in [2.45, 2.75) is 84.2 Å². The highest BCUT2D eigenvalue weighted by Crippen LogP contribution is 2.35. The molecule has 0 aliphatic carbocycles. The van der Waals surface area contributed by atoms with Crippen LogP contribution in [0.4, 0.5) is 0 Å². The molecule has 0 bridgehead atoms. The molecule has 2 rings (SSSR count). The summed E-state index contributed by atoms with van der Waals surface area (Å²) in [6.07, 6.45) is -6.81. The molecule has 5 nitrogen and oxygen atoms in total. The number of benzene rings is 2. The molecular weight excluding hydrogens is 450 g/mol. The molecule has 5 heteroatoms. The molecule has 0 spiro atoms. The van der Waals surface area contributed by atoms with Crippen molar-refractivity contribution in [3.8, 4) is 5.75 Å². The van der Waals surface area contributed by atoms with Crippen LogP contribution in [-0.4, -0.2) is 47.0 Å². The van der Waals surface area contributed by atoms with Crippen LogP contribution in [0.2, 0.25) is 0 Å². The largest absolute Gasteiger partial charge is 0.496 e. The minimum Gasteiger partial charge on any atom is -0.496 e. The number of nitrogens with one attached hydrogen (secondary N) is 1. The van der Waals surface area contributed by atoms with Crippen LogP contribution in [0, 0.1) is 13.8 Å². The van der Waals surface area contributed by atoms with E-state index in [0.29, 0.717) is 37.2 Å². The molecule has 202 valence electrons. The number of rotatable bonds is 19. The van der Waals surface area contributed by atoms with Crippen molar-refractivity contribution >= 4 is 0 Å². The molecule has 1 unspecified atom stereocenters. The Labute approximate surface area is 232 Å². The summed E-state index contributed by atoms with van der Waals surface area (Å²) in [6, 6.07) is 10.1. The second-order valence-electron chi connectivity index (χ2n) is 9.41. The molecule has 36 heavy (non-hydrogen) atoms. The molecule has 1 atom stereocenters. The normalized spacial score (nSPS) is 17.9. The molecule has 2 N–H and O–H groups in total. The van der Waals surface area contributed by atoms with Crippen LogP contribution in [-0.2, 0) is 21.4 Å². The summed E-state index contributed by atoms with van der Waals surface area (Å²) in [4.78, 5) is 0. The molecule has 0 saturated heterocycles. The van der Waals surface area contributed by atoms with Gasteiger partial charge in [0, 0.05) is 40.6 Å². The number of hydrogen-bond acceptors (Lipinski definition) is 5. The maximum absolute atomic E-state index is 8.42. The van der Waals surface area contributed by atoms with Crippen LogP contribution in [0.1, 0.15) is 97.2 Å². The van der Waals surface area contributed by atoms with E-state index in [-0.39, 0.29) is 18.3 Å². The van der Waals surface area contributed by atoms with E-state index in [1.54, 1.807) is 47.1 Å². The fraction of sp³-hybridized carbons (Fsp3) is 0.613. The highest BCUT2D eigenvalue weighted by atomic mass is 16.5. The first kappa shape index (κ1) is 19.2. The lowest BCUT2D eigenvalue weighted by molar-refractivity contribution is 0.0740. The summed E-state index contributed by atoms with van der Waals surface area (Å²) in [7, 11) is 3.23. The third-order valence-corrected chi connectivity index (χ3v) is 6.01. The van der Waals surface area contributed by atoms with Gasteiger partial charge in [-0.15, -0.1) is 0 Å². The maximum atomic E-state index is 8.42. The smallest absolute Gasteiger partial charge is 0.211 e. The van der Waals surface area contributed by atoms with Gasteiger partial charge in [-0.25, -0.2) is 0 Å². The molecule has 0 heterocycles. The van der Waals surface area contributed by atoms with Crippen molar-refractivity contribution in [3.63, 3.8) is 0 Å². The lowest BCUT2D eigenvalue weighted by Gasteiger charge is -2.25. The Morgan fingerprint density at radius 1 is 1.03 bits per heavy atom. The van der Waals surface area contributed by atoms with Crippen molar-refractivity contribution in [3.05, 3.63) is 64.2 Å². The zero-order valence-corrected chi connectivity index (χ0v) is 22.6. The van der Waals surface area contributed by atoms with E-state index in [1.807, 2.05) is 19.1 Å². The summed E-state index contributed by atoms with van der Waals surface area (Å²) in [5.74, 6) is 0.675. The first-order valence-electron chi connectivity index (χ1n) is 17.0. The summed E-state index contributed by atoms with van der Waals surface area (Å²) in [5.41, 5.74) is 2.15. The van der Waals surface area contributed by atoms with Crippen molar-refractivity contribution in [1.82, 2.24) is 5.32 Å². The van der Waals surface area contributed by atoms with E-state index in [1.165, 1.54) is 12.1 Å². The first-order valence-corrected chi connectivity index (χ1v) is 12.6. The summed E-state index contributed by atoms with van der Waals surface area (Å²) < 4.78 is 90.6. The SMILES string of the molecule is [2H]OC(C)(C)c1cc(C(CNCCCCCCOC([2H])([2H])C([2H])([2H])C([2H])([2H])C([2H])([2H])c2ccccc2C)OC)cc(C)c1OC. The fourth-order valence-corrected chi connectivity index (χ4v) is 3.98. The lowest BCUT2D eigenvalue weighted by atomic mass is 9.91. The number of ether oxygens (including phenoxy) is 3. The molecule has 0 aliphatic heterocycles. The van der Waals surface area contributed by atoms with E-state index in [0.717, 1.165) is 29.5 Å². The molecule has 0 saturated carbocycles. The molecule has 2 aromatic rings. The quantitative estimate of drug-likeness (QED) is 0.215. The molecular formula is C31H49NO4. The van der Waals surface area contributed by atoms with Gasteiger partial charge in [0.05, 0.1) is 21.6 Å². The summed E-state index contributed by atoms with van der Waals surface area (Å²) in [6.45, 7) is 5.22. The lowest BCUT2D eigenvalue weighted by Crippen LogP contribution is -2.25. The van der Waals surface area contributed by atoms with Crippen LogP contribution in [0.3, 0.4) is 0 Å². The van der Waals surface area contributed by atoms with Crippen LogP contribution >= 0.6 is 0 Å². The van der Waals surface area contributed by atoms with Gasteiger partial charge in [0.15, 0.2) is 0 Å². The minimum atomic E-state index is -3.29.